The summed E-state index contributed by atoms with van der Waals surface area (Å²) in [6, 6.07) is -0.549. The van der Waals surface area contributed by atoms with Gasteiger partial charge in [0.25, 0.3) is 0 Å². The number of allylic oxidation sites excluding steroid dienone is 6. The Hall–Kier alpha value is -1.92. The third kappa shape index (κ3) is 51.5. The summed E-state index contributed by atoms with van der Waals surface area (Å²) in [5, 5.41) is 23.2. The van der Waals surface area contributed by atoms with Gasteiger partial charge in [0.1, 0.15) is 0 Å². The summed E-state index contributed by atoms with van der Waals surface area (Å²) in [7, 11) is 0. The number of aliphatic hydroxyl groups excluding tert-OH is 2. The second-order valence-corrected chi connectivity index (χ2v) is 20.0. The van der Waals surface area contributed by atoms with E-state index < -0.39 is 12.1 Å². The maximum absolute atomic E-state index is 12.5. The summed E-state index contributed by atoms with van der Waals surface area (Å²) in [4.78, 5) is 24.5. The fraction of sp³-hybridized carbons (Fsp3) is 0.867. The lowest BCUT2D eigenvalue weighted by Crippen LogP contribution is -2.45. The Morgan fingerprint density at radius 2 is 0.758 bits per heavy atom. The Kier molecular flexibility index (Phi) is 54.1. The molecule has 0 saturated carbocycles. The molecule has 388 valence electrons. The van der Waals surface area contributed by atoms with Crippen molar-refractivity contribution in [3.63, 3.8) is 0 Å². The van der Waals surface area contributed by atoms with Crippen LogP contribution in [-0.4, -0.2) is 47.4 Å². The Labute approximate surface area is 411 Å². The SMILES string of the molecule is CCCCCCCC/C=C\CCCCCCCCCC(=O)OCCCCC/C=C\C=C/CCCCCCCCCCCCC(=O)NC(CO)C(O)CCCCCCCCCCCCCCC. The number of carbonyl (C=O) groups excluding carboxylic acids is 2. The lowest BCUT2D eigenvalue weighted by Gasteiger charge is -2.22. The van der Waals surface area contributed by atoms with Gasteiger partial charge in [-0.2, -0.15) is 0 Å². The lowest BCUT2D eigenvalue weighted by atomic mass is 10.0. The van der Waals surface area contributed by atoms with Crippen molar-refractivity contribution < 1.29 is 24.5 Å². The molecule has 66 heavy (non-hydrogen) atoms. The van der Waals surface area contributed by atoms with E-state index in [1.54, 1.807) is 0 Å². The molecular weight excluding hydrogens is 815 g/mol. The molecule has 1 amide bonds. The molecule has 0 fully saturated rings. The molecular formula is C60H113NO5. The van der Waals surface area contributed by atoms with Crippen LogP contribution in [0.2, 0.25) is 0 Å². The third-order valence-electron chi connectivity index (χ3n) is 13.4. The lowest BCUT2D eigenvalue weighted by molar-refractivity contribution is -0.143. The standard InChI is InChI=1S/C60H113NO5/c1-3-5-7-9-11-13-15-17-18-22-26-30-34-38-42-46-50-54-60(65)66-55-51-47-43-39-35-31-27-24-21-19-20-23-25-29-33-37-41-45-49-53-59(64)61-57(56-62)58(63)52-48-44-40-36-32-28-16-14-12-10-8-6-4-2/h17-18,24,27,31,35,57-58,62-63H,3-16,19-23,25-26,28-30,32-34,36-56H2,1-2H3,(H,61,64)/b18-17-,27-24-,35-31-. The maximum atomic E-state index is 12.5. The Balaban J connectivity index is 3.47. The fourth-order valence-corrected chi connectivity index (χ4v) is 8.92. The van der Waals surface area contributed by atoms with E-state index in [0.29, 0.717) is 25.9 Å². The van der Waals surface area contributed by atoms with Crippen LogP contribution in [0.4, 0.5) is 0 Å². The van der Waals surface area contributed by atoms with Gasteiger partial charge < -0.3 is 20.3 Å². The number of hydrogen-bond donors (Lipinski definition) is 3. The summed E-state index contributed by atoms with van der Waals surface area (Å²) in [6.45, 7) is 4.91. The van der Waals surface area contributed by atoms with Crippen LogP contribution in [0.5, 0.6) is 0 Å². The number of aliphatic hydroxyl groups is 2. The number of esters is 1. The number of nitrogens with one attached hydrogen (secondary N) is 1. The van der Waals surface area contributed by atoms with Gasteiger partial charge in [0.15, 0.2) is 0 Å². The molecule has 6 nitrogen and oxygen atoms in total. The molecule has 0 bridgehead atoms. The number of ether oxygens (including phenoxy) is 1. The maximum Gasteiger partial charge on any atom is 0.305 e. The number of hydrogen-bond acceptors (Lipinski definition) is 5. The van der Waals surface area contributed by atoms with E-state index in [1.165, 1.54) is 205 Å². The van der Waals surface area contributed by atoms with Crippen LogP contribution in [0, 0.1) is 0 Å². The zero-order valence-corrected chi connectivity index (χ0v) is 44.2. The van der Waals surface area contributed by atoms with Gasteiger partial charge in [-0.05, 0) is 83.5 Å². The minimum atomic E-state index is -0.671. The van der Waals surface area contributed by atoms with Gasteiger partial charge in [-0.25, -0.2) is 0 Å². The van der Waals surface area contributed by atoms with E-state index in [4.69, 9.17) is 4.74 Å². The average Bonchev–Trinajstić information content (AvgIpc) is 3.32. The van der Waals surface area contributed by atoms with Gasteiger partial charge in [0.05, 0.1) is 25.4 Å². The monoisotopic (exact) mass is 928 g/mol. The molecule has 0 spiro atoms. The number of rotatable bonds is 54. The second-order valence-electron chi connectivity index (χ2n) is 20.0. The average molecular weight is 929 g/mol. The van der Waals surface area contributed by atoms with Crippen molar-refractivity contribution in [3.05, 3.63) is 36.5 Å². The summed E-state index contributed by atoms with van der Waals surface area (Å²) < 4.78 is 5.46. The van der Waals surface area contributed by atoms with Crippen molar-refractivity contribution in [1.82, 2.24) is 5.32 Å². The van der Waals surface area contributed by atoms with Crippen LogP contribution in [0.15, 0.2) is 36.5 Å². The predicted octanol–water partition coefficient (Wildman–Crippen LogP) is 18.0. The van der Waals surface area contributed by atoms with Crippen LogP contribution in [0.1, 0.15) is 309 Å². The normalized spacial score (nSPS) is 12.8. The van der Waals surface area contributed by atoms with E-state index >= 15 is 0 Å². The third-order valence-corrected chi connectivity index (χ3v) is 13.4. The van der Waals surface area contributed by atoms with E-state index in [2.05, 4.69) is 55.6 Å². The minimum absolute atomic E-state index is 0.0168. The highest BCUT2D eigenvalue weighted by Crippen LogP contribution is 2.17. The van der Waals surface area contributed by atoms with Crippen LogP contribution >= 0.6 is 0 Å². The molecule has 0 aliphatic heterocycles. The molecule has 0 radical (unpaired) electrons. The first-order valence-electron chi connectivity index (χ1n) is 29.3. The highest BCUT2D eigenvalue weighted by Gasteiger charge is 2.20. The van der Waals surface area contributed by atoms with Gasteiger partial charge in [0.2, 0.25) is 5.91 Å². The molecule has 0 rings (SSSR count). The van der Waals surface area contributed by atoms with Crippen molar-refractivity contribution in [2.45, 2.75) is 321 Å². The van der Waals surface area contributed by atoms with Gasteiger partial charge >= 0.3 is 5.97 Å². The van der Waals surface area contributed by atoms with Crippen molar-refractivity contribution in [1.29, 1.82) is 0 Å². The van der Waals surface area contributed by atoms with Crippen LogP contribution in [0.3, 0.4) is 0 Å². The summed E-state index contributed by atoms with van der Waals surface area (Å²) in [5.41, 5.74) is 0. The smallest absolute Gasteiger partial charge is 0.305 e. The molecule has 0 aliphatic rings. The van der Waals surface area contributed by atoms with Crippen LogP contribution in [0.25, 0.3) is 0 Å². The zero-order chi connectivity index (χ0) is 47.9. The zero-order valence-electron chi connectivity index (χ0n) is 44.2. The van der Waals surface area contributed by atoms with Gasteiger partial charge in [0, 0.05) is 12.8 Å². The highest BCUT2D eigenvalue weighted by molar-refractivity contribution is 5.76. The van der Waals surface area contributed by atoms with Crippen molar-refractivity contribution in [2.75, 3.05) is 13.2 Å². The number of carbonyl (C=O) groups is 2. The highest BCUT2D eigenvalue weighted by atomic mass is 16.5. The summed E-state index contributed by atoms with van der Waals surface area (Å²) in [5.74, 6) is -0.0617. The Bertz CT molecular complexity index is 1070. The molecule has 2 atom stereocenters. The molecule has 0 saturated heterocycles. The van der Waals surface area contributed by atoms with Crippen molar-refractivity contribution in [2.24, 2.45) is 0 Å². The molecule has 0 aromatic carbocycles. The molecule has 0 aromatic rings. The molecule has 0 aliphatic carbocycles. The largest absolute Gasteiger partial charge is 0.466 e. The Morgan fingerprint density at radius 1 is 0.424 bits per heavy atom. The molecule has 2 unspecified atom stereocenters. The fourth-order valence-electron chi connectivity index (χ4n) is 8.92. The van der Waals surface area contributed by atoms with Gasteiger partial charge in [-0.15, -0.1) is 0 Å². The Morgan fingerprint density at radius 3 is 1.17 bits per heavy atom. The molecule has 0 heterocycles. The molecule has 0 aromatic heterocycles. The molecule has 6 heteroatoms. The first kappa shape index (κ1) is 64.1. The first-order chi connectivity index (χ1) is 32.5. The second kappa shape index (κ2) is 55.7. The number of unbranched alkanes of at least 4 members (excludes halogenated alkanes) is 38. The topological polar surface area (TPSA) is 95.9 Å². The van der Waals surface area contributed by atoms with Crippen LogP contribution in [-0.2, 0) is 14.3 Å². The quantitative estimate of drug-likeness (QED) is 0.0244. The van der Waals surface area contributed by atoms with E-state index in [-0.39, 0.29) is 18.5 Å². The van der Waals surface area contributed by atoms with Crippen molar-refractivity contribution >= 4 is 11.9 Å². The number of amides is 1. The van der Waals surface area contributed by atoms with Gasteiger partial charge in [-0.3, -0.25) is 9.59 Å². The van der Waals surface area contributed by atoms with E-state index in [9.17, 15) is 19.8 Å². The first-order valence-corrected chi connectivity index (χ1v) is 29.3. The minimum Gasteiger partial charge on any atom is -0.466 e. The molecule has 3 N–H and O–H groups in total. The van der Waals surface area contributed by atoms with Gasteiger partial charge in [-0.1, -0.05) is 249 Å². The predicted molar refractivity (Wildman–Crippen MR) is 287 cm³/mol. The van der Waals surface area contributed by atoms with Crippen LogP contribution < -0.4 is 5.32 Å². The summed E-state index contributed by atoms with van der Waals surface area (Å²) >= 11 is 0. The van der Waals surface area contributed by atoms with E-state index in [1.807, 2.05) is 0 Å². The van der Waals surface area contributed by atoms with E-state index in [0.717, 1.165) is 70.6 Å². The van der Waals surface area contributed by atoms with Crippen molar-refractivity contribution in [3.8, 4) is 0 Å². The summed E-state index contributed by atoms with van der Waals surface area (Å²) in [6.07, 6.45) is 68.5.